The summed E-state index contributed by atoms with van der Waals surface area (Å²) in [5.41, 5.74) is 0. The van der Waals surface area contributed by atoms with Crippen molar-refractivity contribution in [3.8, 4) is 0 Å². The van der Waals surface area contributed by atoms with E-state index < -0.39 is 15.8 Å². The second-order valence-corrected chi connectivity index (χ2v) is 7.05. The maximum absolute atomic E-state index is 13.0. The Morgan fingerprint density at radius 3 is 2.83 bits per heavy atom. The fourth-order valence-electron chi connectivity index (χ4n) is 1.94. The lowest BCUT2D eigenvalue weighted by Crippen LogP contribution is -2.51. The molecule has 2 rings (SSSR count). The monoisotopic (exact) mass is 336 g/mol. The van der Waals surface area contributed by atoms with Gasteiger partial charge in [-0.25, -0.2) is 12.8 Å². The van der Waals surface area contributed by atoms with Crippen LogP contribution in [0.15, 0.2) is 27.6 Å². The van der Waals surface area contributed by atoms with Crippen LogP contribution in [-0.4, -0.2) is 38.4 Å². The van der Waals surface area contributed by atoms with Gasteiger partial charge in [0, 0.05) is 30.1 Å². The Hall–Kier alpha value is -0.500. The number of benzene rings is 1. The number of halogens is 2. The SMILES string of the molecule is CC1CN(S(=O)(=O)c2ccc(F)cc2Br)CCN1. The third-order valence-corrected chi connectivity index (χ3v) is 5.69. The minimum Gasteiger partial charge on any atom is -0.312 e. The van der Waals surface area contributed by atoms with E-state index in [1.54, 1.807) is 0 Å². The molecular formula is C11H14BrFN2O2S. The molecule has 1 unspecified atom stereocenters. The van der Waals surface area contributed by atoms with E-state index in [0.717, 1.165) is 6.07 Å². The Labute approximate surface area is 114 Å². The third-order valence-electron chi connectivity index (χ3n) is 2.84. The van der Waals surface area contributed by atoms with Crippen molar-refractivity contribution in [3.63, 3.8) is 0 Å². The number of piperazine rings is 1. The summed E-state index contributed by atoms with van der Waals surface area (Å²) < 4.78 is 39.5. The molecule has 1 saturated heterocycles. The molecule has 7 heteroatoms. The maximum atomic E-state index is 13.0. The van der Waals surface area contributed by atoms with Gasteiger partial charge in [0.25, 0.3) is 0 Å². The molecule has 0 saturated carbocycles. The van der Waals surface area contributed by atoms with Crippen LogP contribution in [0.4, 0.5) is 4.39 Å². The molecular weight excluding hydrogens is 323 g/mol. The van der Waals surface area contributed by atoms with Gasteiger partial charge in [-0.2, -0.15) is 4.31 Å². The lowest BCUT2D eigenvalue weighted by atomic mass is 10.3. The first-order chi connectivity index (χ1) is 8.41. The van der Waals surface area contributed by atoms with Gasteiger partial charge in [-0.3, -0.25) is 0 Å². The zero-order valence-corrected chi connectivity index (χ0v) is 12.3. The van der Waals surface area contributed by atoms with Crippen molar-refractivity contribution >= 4 is 26.0 Å². The molecule has 0 aromatic heterocycles. The van der Waals surface area contributed by atoms with Crippen LogP contribution in [0.5, 0.6) is 0 Å². The molecule has 18 heavy (non-hydrogen) atoms. The van der Waals surface area contributed by atoms with Crippen LogP contribution in [0.2, 0.25) is 0 Å². The quantitative estimate of drug-likeness (QED) is 0.891. The number of hydrogen-bond acceptors (Lipinski definition) is 3. The number of rotatable bonds is 2. The van der Waals surface area contributed by atoms with Gasteiger partial charge in [-0.1, -0.05) is 0 Å². The molecule has 1 N–H and O–H groups in total. The predicted molar refractivity (Wildman–Crippen MR) is 70.3 cm³/mol. The zero-order chi connectivity index (χ0) is 13.3. The van der Waals surface area contributed by atoms with Crippen molar-refractivity contribution in [2.75, 3.05) is 19.6 Å². The largest absolute Gasteiger partial charge is 0.312 e. The standard InChI is InChI=1S/C11H14BrFN2O2S/c1-8-7-15(5-4-14-8)18(16,17)11-3-2-9(13)6-10(11)12/h2-3,6,8,14H,4-5,7H2,1H3. The molecule has 1 aromatic carbocycles. The lowest BCUT2D eigenvalue weighted by molar-refractivity contribution is 0.310. The molecule has 0 spiro atoms. The van der Waals surface area contributed by atoms with Gasteiger partial charge in [0.05, 0.1) is 4.90 Å². The predicted octanol–water partition coefficient (Wildman–Crippen LogP) is 1.57. The molecule has 1 aliphatic rings. The summed E-state index contributed by atoms with van der Waals surface area (Å²) in [7, 11) is -3.56. The lowest BCUT2D eigenvalue weighted by Gasteiger charge is -2.31. The summed E-state index contributed by atoms with van der Waals surface area (Å²) >= 11 is 3.10. The van der Waals surface area contributed by atoms with Gasteiger partial charge in [0.2, 0.25) is 10.0 Å². The fourth-order valence-corrected chi connectivity index (χ4v) is 4.48. The Morgan fingerprint density at radius 1 is 1.50 bits per heavy atom. The van der Waals surface area contributed by atoms with Gasteiger partial charge in [0.1, 0.15) is 5.82 Å². The normalized spacial score (nSPS) is 22.1. The fraction of sp³-hybridized carbons (Fsp3) is 0.455. The Bertz CT molecular complexity index is 550. The third kappa shape index (κ3) is 2.74. The van der Waals surface area contributed by atoms with Crippen molar-refractivity contribution < 1.29 is 12.8 Å². The van der Waals surface area contributed by atoms with E-state index >= 15 is 0 Å². The summed E-state index contributed by atoms with van der Waals surface area (Å²) in [5, 5.41) is 3.18. The van der Waals surface area contributed by atoms with E-state index in [1.165, 1.54) is 16.4 Å². The molecule has 100 valence electrons. The highest BCUT2D eigenvalue weighted by atomic mass is 79.9. The summed E-state index contributed by atoms with van der Waals surface area (Å²) in [6, 6.07) is 3.73. The molecule has 0 aliphatic carbocycles. The average Bonchev–Trinajstić information content (AvgIpc) is 2.28. The maximum Gasteiger partial charge on any atom is 0.244 e. The molecule has 4 nitrogen and oxygen atoms in total. The second kappa shape index (κ2) is 5.24. The van der Waals surface area contributed by atoms with Crippen molar-refractivity contribution in [2.24, 2.45) is 0 Å². The first kappa shape index (κ1) is 13.9. The molecule has 1 atom stereocenters. The van der Waals surface area contributed by atoms with Crippen LogP contribution in [0.25, 0.3) is 0 Å². The first-order valence-electron chi connectivity index (χ1n) is 5.60. The van der Waals surface area contributed by atoms with Crippen molar-refractivity contribution in [3.05, 3.63) is 28.5 Å². The first-order valence-corrected chi connectivity index (χ1v) is 7.83. The van der Waals surface area contributed by atoms with Crippen molar-refractivity contribution in [1.82, 2.24) is 9.62 Å². The minimum atomic E-state index is -3.56. The Kier molecular flexibility index (Phi) is 4.05. The van der Waals surface area contributed by atoms with E-state index in [1.807, 2.05) is 6.92 Å². The number of hydrogen-bond donors (Lipinski definition) is 1. The van der Waals surface area contributed by atoms with Crippen LogP contribution in [-0.2, 0) is 10.0 Å². The van der Waals surface area contributed by atoms with Gasteiger partial charge in [-0.15, -0.1) is 0 Å². The van der Waals surface area contributed by atoms with Gasteiger partial charge in [0.15, 0.2) is 0 Å². The summed E-state index contributed by atoms with van der Waals surface area (Å²) in [6.07, 6.45) is 0. The molecule has 0 bridgehead atoms. The topological polar surface area (TPSA) is 49.4 Å². The van der Waals surface area contributed by atoms with Crippen LogP contribution >= 0.6 is 15.9 Å². The van der Waals surface area contributed by atoms with E-state index in [-0.39, 0.29) is 15.4 Å². The van der Waals surface area contributed by atoms with Gasteiger partial charge >= 0.3 is 0 Å². The summed E-state index contributed by atoms with van der Waals surface area (Å²) in [5.74, 6) is -0.463. The highest BCUT2D eigenvalue weighted by Crippen LogP contribution is 2.26. The van der Waals surface area contributed by atoms with Crippen LogP contribution in [0.1, 0.15) is 6.92 Å². The average molecular weight is 337 g/mol. The number of sulfonamides is 1. The number of nitrogens with zero attached hydrogens (tertiary/aromatic N) is 1. The smallest absolute Gasteiger partial charge is 0.244 e. The van der Waals surface area contributed by atoms with E-state index in [9.17, 15) is 12.8 Å². The van der Waals surface area contributed by atoms with Crippen LogP contribution in [0.3, 0.4) is 0 Å². The molecule has 1 aromatic rings. The molecule has 1 heterocycles. The Balaban J connectivity index is 2.35. The molecule has 1 aliphatic heterocycles. The van der Waals surface area contributed by atoms with Crippen LogP contribution in [0, 0.1) is 5.82 Å². The van der Waals surface area contributed by atoms with E-state index in [2.05, 4.69) is 21.2 Å². The minimum absolute atomic E-state index is 0.109. The second-order valence-electron chi connectivity index (χ2n) is 4.29. The van der Waals surface area contributed by atoms with Crippen molar-refractivity contribution in [1.29, 1.82) is 0 Å². The van der Waals surface area contributed by atoms with E-state index in [0.29, 0.717) is 19.6 Å². The highest BCUT2D eigenvalue weighted by molar-refractivity contribution is 9.10. The summed E-state index contributed by atoms with van der Waals surface area (Å²) in [4.78, 5) is 0.109. The summed E-state index contributed by atoms with van der Waals surface area (Å²) in [6.45, 7) is 3.41. The van der Waals surface area contributed by atoms with Crippen molar-refractivity contribution in [2.45, 2.75) is 17.9 Å². The van der Waals surface area contributed by atoms with Gasteiger partial charge in [-0.05, 0) is 41.1 Å². The number of nitrogens with one attached hydrogen (secondary N) is 1. The molecule has 1 fully saturated rings. The molecule has 0 radical (unpaired) electrons. The van der Waals surface area contributed by atoms with E-state index in [4.69, 9.17) is 0 Å². The zero-order valence-electron chi connectivity index (χ0n) is 9.86. The molecule has 0 amide bonds. The van der Waals surface area contributed by atoms with Gasteiger partial charge < -0.3 is 5.32 Å². The van der Waals surface area contributed by atoms with Crippen LogP contribution < -0.4 is 5.32 Å². The highest BCUT2D eigenvalue weighted by Gasteiger charge is 2.29. The Morgan fingerprint density at radius 2 is 2.22 bits per heavy atom.